The summed E-state index contributed by atoms with van der Waals surface area (Å²) in [6.45, 7) is 2.99. The van der Waals surface area contributed by atoms with Crippen molar-refractivity contribution in [3.63, 3.8) is 0 Å². The Hall–Kier alpha value is -1.87. The fourth-order valence-electron chi connectivity index (χ4n) is 1.87. The van der Waals surface area contributed by atoms with Crippen LogP contribution in [-0.2, 0) is 14.3 Å². The van der Waals surface area contributed by atoms with Crippen LogP contribution in [0.25, 0.3) is 0 Å². The third-order valence-corrected chi connectivity index (χ3v) is 3.23. The van der Waals surface area contributed by atoms with Crippen LogP contribution in [0.1, 0.15) is 12.8 Å². The highest BCUT2D eigenvalue weighted by molar-refractivity contribution is 5.82. The fraction of sp³-hybridized carbons (Fsp3) is 0.750. The van der Waals surface area contributed by atoms with Gasteiger partial charge in [-0.05, 0) is 13.5 Å². The number of carboxylic acid groups (broad SMARTS) is 1. The second-order valence-corrected chi connectivity index (χ2v) is 4.88. The SMILES string of the molecule is COC(=O)CC[C@@H](NC(=O)NN1CCN(C)CC1)C(=O)O. The molecule has 0 spiro atoms. The molecule has 0 saturated carbocycles. The molecule has 0 aromatic carbocycles. The van der Waals surface area contributed by atoms with Gasteiger partial charge in [0.05, 0.1) is 7.11 Å². The number of carboxylic acids is 1. The molecule has 0 radical (unpaired) electrons. The maximum atomic E-state index is 11.8. The van der Waals surface area contributed by atoms with E-state index in [1.807, 2.05) is 7.05 Å². The summed E-state index contributed by atoms with van der Waals surface area (Å²) in [7, 11) is 3.22. The number of amides is 2. The van der Waals surface area contributed by atoms with Crippen LogP contribution >= 0.6 is 0 Å². The Morgan fingerprint density at radius 1 is 1.24 bits per heavy atom. The highest BCUT2D eigenvalue weighted by Gasteiger charge is 2.23. The molecule has 1 fully saturated rings. The summed E-state index contributed by atoms with van der Waals surface area (Å²) in [6.07, 6.45) is -0.0829. The van der Waals surface area contributed by atoms with Gasteiger partial charge in [0.15, 0.2) is 0 Å². The van der Waals surface area contributed by atoms with E-state index in [1.165, 1.54) is 7.11 Å². The van der Waals surface area contributed by atoms with Crippen molar-refractivity contribution in [1.82, 2.24) is 20.7 Å². The molecule has 0 aromatic rings. The first kappa shape index (κ1) is 17.2. The van der Waals surface area contributed by atoms with Gasteiger partial charge in [-0.15, -0.1) is 0 Å². The maximum Gasteiger partial charge on any atom is 0.330 e. The van der Waals surface area contributed by atoms with Crippen LogP contribution in [0.5, 0.6) is 0 Å². The van der Waals surface area contributed by atoms with Gasteiger partial charge in [0.1, 0.15) is 6.04 Å². The molecule has 120 valence electrons. The lowest BCUT2D eigenvalue weighted by Gasteiger charge is -2.32. The smallest absolute Gasteiger partial charge is 0.330 e. The molecule has 2 amide bonds. The number of ether oxygens (including phenoxy) is 1. The highest BCUT2D eigenvalue weighted by atomic mass is 16.5. The van der Waals surface area contributed by atoms with Crippen LogP contribution in [-0.4, -0.2) is 79.4 Å². The molecule has 1 aliphatic rings. The van der Waals surface area contributed by atoms with Gasteiger partial charge in [0.25, 0.3) is 0 Å². The lowest BCUT2D eigenvalue weighted by Crippen LogP contribution is -2.56. The van der Waals surface area contributed by atoms with Gasteiger partial charge in [-0.3, -0.25) is 10.2 Å². The molecule has 1 saturated heterocycles. The third kappa shape index (κ3) is 6.41. The maximum absolute atomic E-state index is 11.8. The van der Waals surface area contributed by atoms with Crippen LogP contribution in [0.4, 0.5) is 4.79 Å². The van der Waals surface area contributed by atoms with Crippen LogP contribution in [0.2, 0.25) is 0 Å². The summed E-state index contributed by atoms with van der Waals surface area (Å²) in [5.41, 5.74) is 2.60. The Labute approximate surface area is 123 Å². The normalized spacial score (nSPS) is 17.8. The van der Waals surface area contributed by atoms with Crippen LogP contribution in [0.15, 0.2) is 0 Å². The van der Waals surface area contributed by atoms with Gasteiger partial charge < -0.3 is 20.1 Å². The number of methoxy groups -OCH3 is 1. The third-order valence-electron chi connectivity index (χ3n) is 3.23. The molecule has 3 N–H and O–H groups in total. The molecule has 1 rings (SSSR count). The largest absolute Gasteiger partial charge is 0.480 e. The predicted molar refractivity (Wildman–Crippen MR) is 73.4 cm³/mol. The minimum absolute atomic E-state index is 0.0157. The number of esters is 1. The summed E-state index contributed by atoms with van der Waals surface area (Å²) in [4.78, 5) is 36.0. The van der Waals surface area contributed by atoms with E-state index in [0.717, 1.165) is 13.1 Å². The average Bonchev–Trinajstić information content (AvgIpc) is 2.45. The van der Waals surface area contributed by atoms with E-state index < -0.39 is 24.0 Å². The van der Waals surface area contributed by atoms with Crippen LogP contribution in [0.3, 0.4) is 0 Å². The zero-order valence-corrected chi connectivity index (χ0v) is 12.3. The van der Waals surface area contributed by atoms with E-state index in [2.05, 4.69) is 20.4 Å². The van der Waals surface area contributed by atoms with Crippen molar-refractivity contribution in [2.45, 2.75) is 18.9 Å². The molecule has 1 aliphatic heterocycles. The molecule has 0 aliphatic carbocycles. The van der Waals surface area contributed by atoms with Crippen molar-refractivity contribution in [3.05, 3.63) is 0 Å². The average molecular weight is 302 g/mol. The number of urea groups is 1. The van der Waals surface area contributed by atoms with Crippen molar-refractivity contribution in [2.24, 2.45) is 0 Å². The van der Waals surface area contributed by atoms with E-state index in [0.29, 0.717) is 13.1 Å². The number of nitrogens with zero attached hydrogens (tertiary/aromatic N) is 2. The highest BCUT2D eigenvalue weighted by Crippen LogP contribution is 2.00. The van der Waals surface area contributed by atoms with Gasteiger partial charge in [0.2, 0.25) is 0 Å². The molecule has 0 aromatic heterocycles. The summed E-state index contributed by atoms with van der Waals surface area (Å²) < 4.78 is 4.44. The summed E-state index contributed by atoms with van der Waals surface area (Å²) >= 11 is 0. The van der Waals surface area contributed by atoms with E-state index >= 15 is 0 Å². The number of hydrogen-bond donors (Lipinski definition) is 3. The number of nitrogens with one attached hydrogen (secondary N) is 2. The molecular formula is C12H22N4O5. The Balaban J connectivity index is 2.38. The van der Waals surface area contributed by atoms with Crippen molar-refractivity contribution < 1.29 is 24.2 Å². The molecule has 21 heavy (non-hydrogen) atoms. The molecule has 9 heteroatoms. The molecule has 1 atom stereocenters. The van der Waals surface area contributed by atoms with Gasteiger partial charge in [-0.2, -0.15) is 0 Å². The van der Waals surface area contributed by atoms with E-state index in [4.69, 9.17) is 5.11 Å². The van der Waals surface area contributed by atoms with Crippen molar-refractivity contribution >= 4 is 18.0 Å². The zero-order valence-electron chi connectivity index (χ0n) is 12.3. The monoisotopic (exact) mass is 302 g/mol. The second kappa shape index (κ2) is 8.42. The fourth-order valence-corrected chi connectivity index (χ4v) is 1.87. The minimum Gasteiger partial charge on any atom is -0.480 e. The Morgan fingerprint density at radius 3 is 2.38 bits per heavy atom. The molecule has 9 nitrogen and oxygen atoms in total. The van der Waals surface area contributed by atoms with Crippen LogP contribution in [0, 0.1) is 0 Å². The van der Waals surface area contributed by atoms with Gasteiger partial charge in [-0.25, -0.2) is 14.6 Å². The minimum atomic E-state index is -1.19. The number of hydrogen-bond acceptors (Lipinski definition) is 6. The van der Waals surface area contributed by atoms with E-state index in [1.54, 1.807) is 5.01 Å². The first-order chi connectivity index (χ1) is 9.92. The van der Waals surface area contributed by atoms with Crippen molar-refractivity contribution in [3.8, 4) is 0 Å². The predicted octanol–water partition coefficient (Wildman–Crippen LogP) is -1.15. The van der Waals surface area contributed by atoms with Crippen molar-refractivity contribution in [2.75, 3.05) is 40.3 Å². The first-order valence-electron chi connectivity index (χ1n) is 6.72. The molecule has 1 heterocycles. The van der Waals surface area contributed by atoms with E-state index in [-0.39, 0.29) is 12.8 Å². The number of carbonyl (C=O) groups is 3. The van der Waals surface area contributed by atoms with Gasteiger partial charge in [-0.1, -0.05) is 0 Å². The Morgan fingerprint density at radius 2 is 1.86 bits per heavy atom. The lowest BCUT2D eigenvalue weighted by molar-refractivity contribution is -0.142. The first-order valence-corrected chi connectivity index (χ1v) is 6.72. The van der Waals surface area contributed by atoms with Gasteiger partial charge >= 0.3 is 18.0 Å². The number of rotatable bonds is 6. The topological polar surface area (TPSA) is 111 Å². The standard InChI is InChI=1S/C12H22N4O5/c1-15-5-7-16(8-6-15)14-12(20)13-9(11(18)19)3-4-10(17)21-2/h9H,3-8H2,1-2H3,(H,18,19)(H2,13,14,20)/t9-/m1/s1. The van der Waals surface area contributed by atoms with E-state index in [9.17, 15) is 14.4 Å². The Bertz CT molecular complexity index is 382. The number of carbonyl (C=O) groups excluding carboxylic acids is 2. The number of piperazine rings is 1. The summed E-state index contributed by atoms with van der Waals surface area (Å²) in [5, 5.41) is 13.1. The van der Waals surface area contributed by atoms with Gasteiger partial charge in [0, 0.05) is 32.6 Å². The molecule has 0 bridgehead atoms. The zero-order chi connectivity index (χ0) is 15.8. The Kier molecular flexibility index (Phi) is 6.89. The molecule has 0 unspecified atom stereocenters. The molecular weight excluding hydrogens is 280 g/mol. The van der Waals surface area contributed by atoms with Crippen molar-refractivity contribution in [1.29, 1.82) is 0 Å². The lowest BCUT2D eigenvalue weighted by atomic mass is 10.1. The number of likely N-dealkylation sites (N-methyl/N-ethyl adjacent to an activating group) is 1. The number of aliphatic carboxylic acids is 1. The summed E-state index contributed by atoms with van der Waals surface area (Å²) in [5.74, 6) is -1.70. The summed E-state index contributed by atoms with van der Waals surface area (Å²) in [6, 6.07) is -1.71. The van der Waals surface area contributed by atoms with Crippen LogP contribution < -0.4 is 10.7 Å². The quantitative estimate of drug-likeness (QED) is 0.531. The number of hydrazine groups is 1. The second-order valence-electron chi connectivity index (χ2n) is 4.88.